The molecule has 1 aliphatic rings. The third-order valence-electron chi connectivity index (χ3n) is 4.28. The molecule has 1 aliphatic heterocycles. The van der Waals surface area contributed by atoms with Crippen LogP contribution in [0.1, 0.15) is 31.9 Å². The van der Waals surface area contributed by atoms with Gasteiger partial charge in [-0.05, 0) is 31.5 Å². The third kappa shape index (κ3) is 8.90. The number of rotatable bonds is 6. The predicted molar refractivity (Wildman–Crippen MR) is 102 cm³/mol. The van der Waals surface area contributed by atoms with Crippen molar-refractivity contribution in [1.82, 2.24) is 10.2 Å². The number of benzene rings is 1. The first kappa shape index (κ1) is 24.3. The summed E-state index contributed by atoms with van der Waals surface area (Å²) in [5.41, 5.74) is 0.731. The first-order valence-corrected chi connectivity index (χ1v) is 9.16. The standard InChI is InChI=1S/C17H26N2O4.C2H2O4/c1-12(11-16(21)19-7-9-23-10-8-19)18-13(2)17(22)14-3-5-15(20)6-4-14;3-1(4)2(5)6/h3-6,12-13,17-18,20,22H,7-11H2,1-2H3;(H,3,4)(H,5,6). The number of carboxylic acid groups (broad SMARTS) is 2. The van der Waals surface area contributed by atoms with Crippen molar-refractivity contribution in [1.29, 1.82) is 0 Å². The molecule has 10 nitrogen and oxygen atoms in total. The Hall–Kier alpha value is -2.69. The van der Waals surface area contributed by atoms with Crippen LogP contribution in [0, 0.1) is 0 Å². The van der Waals surface area contributed by atoms with Gasteiger partial charge in [0.2, 0.25) is 5.91 Å². The van der Waals surface area contributed by atoms with Crippen molar-refractivity contribution in [3.63, 3.8) is 0 Å². The summed E-state index contributed by atoms with van der Waals surface area (Å²) in [4.78, 5) is 32.2. The molecule has 1 heterocycles. The molecule has 0 spiro atoms. The van der Waals surface area contributed by atoms with E-state index in [2.05, 4.69) is 5.32 Å². The minimum atomic E-state index is -1.82. The molecule has 10 heteroatoms. The SMILES string of the molecule is CC(CC(=O)N1CCOCC1)NC(C)C(O)c1ccc(O)cc1.O=C(O)C(=O)O. The van der Waals surface area contributed by atoms with Crippen LogP contribution in [0.15, 0.2) is 24.3 Å². The number of carboxylic acids is 2. The Morgan fingerprint density at radius 1 is 1.07 bits per heavy atom. The third-order valence-corrected chi connectivity index (χ3v) is 4.28. The molecular weight excluding hydrogens is 384 g/mol. The van der Waals surface area contributed by atoms with Crippen LogP contribution in [0.5, 0.6) is 5.75 Å². The number of hydrogen-bond donors (Lipinski definition) is 5. The second-order valence-corrected chi connectivity index (χ2v) is 6.70. The van der Waals surface area contributed by atoms with Crippen molar-refractivity contribution in [2.24, 2.45) is 0 Å². The number of morpholine rings is 1. The zero-order chi connectivity index (χ0) is 22.0. The van der Waals surface area contributed by atoms with Crippen molar-refractivity contribution >= 4 is 17.8 Å². The first-order chi connectivity index (χ1) is 13.6. The minimum absolute atomic E-state index is 0.0351. The first-order valence-electron chi connectivity index (χ1n) is 9.16. The van der Waals surface area contributed by atoms with Gasteiger partial charge in [0, 0.05) is 31.6 Å². The van der Waals surface area contributed by atoms with Crippen LogP contribution in [-0.4, -0.2) is 81.6 Å². The molecule has 162 valence electrons. The zero-order valence-electron chi connectivity index (χ0n) is 16.4. The molecule has 1 amide bonds. The summed E-state index contributed by atoms with van der Waals surface area (Å²) in [6.07, 6.45) is -0.302. The summed E-state index contributed by atoms with van der Waals surface area (Å²) < 4.78 is 5.25. The minimum Gasteiger partial charge on any atom is -0.508 e. The van der Waals surface area contributed by atoms with Crippen LogP contribution in [0.25, 0.3) is 0 Å². The number of nitrogens with zero attached hydrogens (tertiary/aromatic N) is 1. The maximum Gasteiger partial charge on any atom is 0.414 e. The van der Waals surface area contributed by atoms with Crippen molar-refractivity contribution < 1.29 is 39.5 Å². The average molecular weight is 412 g/mol. The fourth-order valence-corrected chi connectivity index (χ4v) is 2.76. The summed E-state index contributed by atoms with van der Waals surface area (Å²) in [6.45, 7) is 6.33. The van der Waals surface area contributed by atoms with E-state index in [9.17, 15) is 15.0 Å². The summed E-state index contributed by atoms with van der Waals surface area (Å²) in [6, 6.07) is 6.26. The molecule has 1 aromatic rings. The van der Waals surface area contributed by atoms with E-state index in [-0.39, 0.29) is 23.7 Å². The Bertz CT molecular complexity index is 661. The molecule has 0 aromatic heterocycles. The Kier molecular flexibility index (Phi) is 10.1. The smallest absolute Gasteiger partial charge is 0.414 e. The van der Waals surface area contributed by atoms with Gasteiger partial charge in [-0.3, -0.25) is 4.79 Å². The lowest BCUT2D eigenvalue weighted by Crippen LogP contribution is -2.45. The number of ether oxygens (including phenoxy) is 1. The number of aromatic hydroxyl groups is 1. The fraction of sp³-hybridized carbons (Fsp3) is 0.526. The molecule has 2 rings (SSSR count). The monoisotopic (exact) mass is 412 g/mol. The van der Waals surface area contributed by atoms with Gasteiger partial charge >= 0.3 is 11.9 Å². The molecular formula is C19H28N2O8. The van der Waals surface area contributed by atoms with Gasteiger partial charge in [-0.2, -0.15) is 0 Å². The highest BCUT2D eigenvalue weighted by molar-refractivity contribution is 6.27. The van der Waals surface area contributed by atoms with Crippen molar-refractivity contribution in [3.05, 3.63) is 29.8 Å². The number of carbonyl (C=O) groups excluding carboxylic acids is 1. The van der Waals surface area contributed by atoms with E-state index >= 15 is 0 Å². The van der Waals surface area contributed by atoms with E-state index in [1.165, 1.54) is 0 Å². The van der Waals surface area contributed by atoms with E-state index in [0.29, 0.717) is 32.7 Å². The zero-order valence-corrected chi connectivity index (χ0v) is 16.4. The van der Waals surface area contributed by atoms with Gasteiger partial charge < -0.3 is 35.4 Å². The Morgan fingerprint density at radius 3 is 2.07 bits per heavy atom. The Balaban J connectivity index is 0.000000612. The molecule has 5 N–H and O–H groups in total. The highest BCUT2D eigenvalue weighted by atomic mass is 16.5. The summed E-state index contributed by atoms with van der Waals surface area (Å²) in [5, 5.41) is 37.7. The maximum absolute atomic E-state index is 12.2. The van der Waals surface area contributed by atoms with Gasteiger partial charge in [0.25, 0.3) is 0 Å². The quantitative estimate of drug-likeness (QED) is 0.412. The van der Waals surface area contributed by atoms with Crippen LogP contribution in [0.3, 0.4) is 0 Å². The Labute approximate surface area is 168 Å². The van der Waals surface area contributed by atoms with E-state index < -0.39 is 18.0 Å². The molecule has 1 aromatic carbocycles. The van der Waals surface area contributed by atoms with Crippen LogP contribution >= 0.6 is 0 Å². The van der Waals surface area contributed by atoms with Gasteiger partial charge in [-0.1, -0.05) is 12.1 Å². The van der Waals surface area contributed by atoms with Gasteiger partial charge in [0.1, 0.15) is 5.75 Å². The lowest BCUT2D eigenvalue weighted by atomic mass is 10.0. The second kappa shape index (κ2) is 12.0. The highest BCUT2D eigenvalue weighted by Gasteiger charge is 2.22. The number of phenols is 1. The van der Waals surface area contributed by atoms with E-state index in [1.54, 1.807) is 24.3 Å². The lowest BCUT2D eigenvalue weighted by molar-refractivity contribution is -0.159. The molecule has 0 bridgehead atoms. The van der Waals surface area contributed by atoms with Crippen LogP contribution in [-0.2, 0) is 19.1 Å². The molecule has 0 radical (unpaired) electrons. The summed E-state index contributed by atoms with van der Waals surface area (Å²) in [7, 11) is 0. The molecule has 3 atom stereocenters. The van der Waals surface area contributed by atoms with Gasteiger partial charge in [-0.15, -0.1) is 0 Å². The summed E-state index contributed by atoms with van der Waals surface area (Å²) >= 11 is 0. The summed E-state index contributed by atoms with van der Waals surface area (Å²) in [5.74, 6) is -3.37. The van der Waals surface area contributed by atoms with Crippen LogP contribution in [0.4, 0.5) is 0 Å². The van der Waals surface area contributed by atoms with Gasteiger partial charge in [0.15, 0.2) is 0 Å². The topological polar surface area (TPSA) is 157 Å². The number of aliphatic hydroxyl groups is 1. The van der Waals surface area contributed by atoms with Crippen molar-refractivity contribution in [3.8, 4) is 5.75 Å². The van der Waals surface area contributed by atoms with E-state index in [4.69, 9.17) is 24.5 Å². The van der Waals surface area contributed by atoms with E-state index in [1.807, 2.05) is 18.7 Å². The molecule has 0 aliphatic carbocycles. The van der Waals surface area contributed by atoms with E-state index in [0.717, 1.165) is 5.56 Å². The van der Waals surface area contributed by atoms with Crippen molar-refractivity contribution in [2.45, 2.75) is 38.5 Å². The van der Waals surface area contributed by atoms with Gasteiger partial charge in [-0.25, -0.2) is 9.59 Å². The molecule has 1 saturated heterocycles. The largest absolute Gasteiger partial charge is 0.508 e. The highest BCUT2D eigenvalue weighted by Crippen LogP contribution is 2.20. The number of phenolic OH excluding ortho intramolecular Hbond substituents is 1. The molecule has 3 unspecified atom stereocenters. The molecule has 29 heavy (non-hydrogen) atoms. The second-order valence-electron chi connectivity index (χ2n) is 6.70. The average Bonchev–Trinajstić information content (AvgIpc) is 2.68. The van der Waals surface area contributed by atoms with Crippen LogP contribution in [0.2, 0.25) is 0 Å². The fourth-order valence-electron chi connectivity index (χ4n) is 2.76. The predicted octanol–water partition coefficient (Wildman–Crippen LogP) is 0.197. The van der Waals surface area contributed by atoms with Gasteiger partial charge in [0.05, 0.1) is 19.3 Å². The van der Waals surface area contributed by atoms with Crippen LogP contribution < -0.4 is 5.32 Å². The normalized spacial score (nSPS) is 16.7. The number of aliphatic hydroxyl groups excluding tert-OH is 1. The lowest BCUT2D eigenvalue weighted by Gasteiger charge is -2.29. The van der Waals surface area contributed by atoms with Crippen molar-refractivity contribution in [2.75, 3.05) is 26.3 Å². The number of aliphatic carboxylic acids is 2. The number of hydrogen-bond acceptors (Lipinski definition) is 7. The Morgan fingerprint density at radius 2 is 1.59 bits per heavy atom. The maximum atomic E-state index is 12.2. The number of nitrogens with one attached hydrogen (secondary N) is 1. The number of carbonyl (C=O) groups is 3. The molecule has 0 saturated carbocycles. The number of amides is 1. The molecule has 1 fully saturated rings.